The number of fused-ring (bicyclic) bond motifs is 1. The van der Waals surface area contributed by atoms with Crippen LogP contribution in [-0.2, 0) is 0 Å². The van der Waals surface area contributed by atoms with E-state index in [0.717, 1.165) is 6.20 Å². The van der Waals surface area contributed by atoms with Crippen LogP contribution in [0.4, 0.5) is 5.82 Å². The van der Waals surface area contributed by atoms with Crippen molar-refractivity contribution in [3.05, 3.63) is 22.1 Å². The van der Waals surface area contributed by atoms with Crippen LogP contribution in [0.5, 0.6) is 0 Å². The fourth-order valence-corrected chi connectivity index (χ4v) is 1.26. The third-order valence-corrected chi connectivity index (χ3v) is 1.81. The molecule has 0 unspecified atom stereocenters. The van der Waals surface area contributed by atoms with Crippen LogP contribution in [0.1, 0.15) is 10.4 Å². The first-order chi connectivity index (χ1) is 6.59. The Bertz CT molecular complexity index is 567. The smallest absolute Gasteiger partial charge is 0.267 e. The zero-order chi connectivity index (χ0) is 10.3. The van der Waals surface area contributed by atoms with Gasteiger partial charge in [-0.05, 0) is 0 Å². The molecular weight excluding hydrogens is 186 g/mol. The summed E-state index contributed by atoms with van der Waals surface area (Å²) in [4.78, 5) is 30.7. The maximum Gasteiger partial charge on any atom is 0.267 e. The minimum atomic E-state index is -0.711. The van der Waals surface area contributed by atoms with Gasteiger partial charge in [0.2, 0.25) is 0 Å². The molecule has 72 valence electrons. The summed E-state index contributed by atoms with van der Waals surface area (Å²) in [7, 11) is 0. The molecule has 0 spiro atoms. The highest BCUT2D eigenvalue weighted by Gasteiger charge is 2.15. The molecule has 2 aromatic rings. The van der Waals surface area contributed by atoms with Crippen LogP contribution in [-0.4, -0.2) is 20.9 Å². The largest absolute Gasteiger partial charge is 0.384 e. The molecule has 0 bridgehead atoms. The van der Waals surface area contributed by atoms with Crippen LogP contribution in [0, 0.1) is 0 Å². The Hall–Kier alpha value is -2.31. The second kappa shape index (κ2) is 2.59. The molecule has 0 aliphatic carbocycles. The fraction of sp³-hybridized carbons (Fsp3) is 0. The highest BCUT2D eigenvalue weighted by atomic mass is 16.1. The van der Waals surface area contributed by atoms with E-state index in [2.05, 4.69) is 15.0 Å². The first-order valence-electron chi connectivity index (χ1n) is 3.76. The zero-order valence-electron chi connectivity index (χ0n) is 7.00. The molecule has 1 amide bonds. The fourth-order valence-electron chi connectivity index (χ4n) is 1.26. The van der Waals surface area contributed by atoms with Gasteiger partial charge in [0.05, 0.1) is 6.20 Å². The van der Waals surface area contributed by atoms with Gasteiger partial charge < -0.3 is 21.4 Å². The molecule has 0 aromatic carbocycles. The number of carbonyl (C=O) groups is 1. The topological polar surface area (TPSA) is 131 Å². The number of aromatic nitrogens is 3. The van der Waals surface area contributed by atoms with Gasteiger partial charge in [0.25, 0.3) is 11.5 Å². The van der Waals surface area contributed by atoms with Crippen LogP contribution in [0.25, 0.3) is 11.2 Å². The number of H-pyrrole nitrogens is 2. The number of nitrogens with two attached hydrogens (primary N) is 2. The zero-order valence-corrected chi connectivity index (χ0v) is 7.00. The minimum Gasteiger partial charge on any atom is -0.384 e. The van der Waals surface area contributed by atoms with E-state index >= 15 is 0 Å². The van der Waals surface area contributed by atoms with Gasteiger partial charge in [0.1, 0.15) is 16.9 Å². The molecule has 7 nitrogen and oxygen atoms in total. The molecule has 14 heavy (non-hydrogen) atoms. The second-order valence-electron chi connectivity index (χ2n) is 2.75. The summed E-state index contributed by atoms with van der Waals surface area (Å²) in [5.41, 5.74) is 10.8. The number of amides is 1. The van der Waals surface area contributed by atoms with Gasteiger partial charge in [0, 0.05) is 0 Å². The Morgan fingerprint density at radius 1 is 1.43 bits per heavy atom. The van der Waals surface area contributed by atoms with Gasteiger partial charge in [-0.1, -0.05) is 0 Å². The third-order valence-electron chi connectivity index (χ3n) is 1.81. The van der Waals surface area contributed by atoms with E-state index in [1.54, 1.807) is 0 Å². The molecule has 0 fully saturated rings. The molecule has 0 saturated heterocycles. The molecule has 2 aromatic heterocycles. The van der Waals surface area contributed by atoms with Crippen molar-refractivity contribution in [1.29, 1.82) is 0 Å². The predicted molar refractivity (Wildman–Crippen MR) is 49.6 cm³/mol. The van der Waals surface area contributed by atoms with Crippen molar-refractivity contribution in [3.8, 4) is 0 Å². The quantitative estimate of drug-likeness (QED) is 0.459. The van der Waals surface area contributed by atoms with Crippen LogP contribution < -0.4 is 17.0 Å². The van der Waals surface area contributed by atoms with Gasteiger partial charge in [-0.25, -0.2) is 4.98 Å². The van der Waals surface area contributed by atoms with E-state index in [9.17, 15) is 9.59 Å². The number of nitrogens with one attached hydrogen (secondary N) is 2. The molecule has 0 saturated carbocycles. The van der Waals surface area contributed by atoms with Crippen LogP contribution in [0.15, 0.2) is 11.0 Å². The van der Waals surface area contributed by atoms with Crippen LogP contribution in [0.3, 0.4) is 0 Å². The molecular formula is C7H7N5O2. The number of primary amides is 1. The van der Waals surface area contributed by atoms with Gasteiger partial charge in [-0.2, -0.15) is 0 Å². The number of rotatable bonds is 1. The van der Waals surface area contributed by atoms with Gasteiger partial charge >= 0.3 is 0 Å². The summed E-state index contributed by atoms with van der Waals surface area (Å²) in [5.74, 6) is -0.612. The summed E-state index contributed by atoms with van der Waals surface area (Å²) in [6.07, 6.45) is 1.09. The molecule has 2 heterocycles. The average Bonchev–Trinajstić information content (AvgIpc) is 2.40. The van der Waals surface area contributed by atoms with E-state index in [-0.39, 0.29) is 16.9 Å². The Labute approximate surface area is 77.1 Å². The first-order valence-corrected chi connectivity index (χ1v) is 3.76. The van der Waals surface area contributed by atoms with E-state index in [4.69, 9.17) is 11.5 Å². The second-order valence-corrected chi connectivity index (χ2v) is 2.75. The van der Waals surface area contributed by atoms with Crippen molar-refractivity contribution < 1.29 is 4.79 Å². The van der Waals surface area contributed by atoms with Crippen molar-refractivity contribution in [1.82, 2.24) is 15.0 Å². The lowest BCUT2D eigenvalue weighted by molar-refractivity contribution is 0.100. The number of aromatic amines is 2. The van der Waals surface area contributed by atoms with Gasteiger partial charge in [-0.3, -0.25) is 9.59 Å². The Morgan fingerprint density at radius 3 is 2.79 bits per heavy atom. The molecule has 0 aliphatic heterocycles. The van der Waals surface area contributed by atoms with Crippen molar-refractivity contribution in [2.45, 2.75) is 0 Å². The first kappa shape index (κ1) is 8.30. The maximum absolute atomic E-state index is 11.0. The Balaban J connectivity index is 2.93. The van der Waals surface area contributed by atoms with E-state index in [1.807, 2.05) is 0 Å². The number of carbonyl (C=O) groups excluding carboxylic acids is 1. The van der Waals surface area contributed by atoms with Crippen molar-refractivity contribution in [3.63, 3.8) is 0 Å². The molecule has 0 atom stereocenters. The molecule has 6 N–H and O–H groups in total. The van der Waals surface area contributed by atoms with Crippen molar-refractivity contribution in [2.75, 3.05) is 5.73 Å². The number of anilines is 1. The number of hydrogen-bond acceptors (Lipinski definition) is 4. The lowest BCUT2D eigenvalue weighted by Gasteiger charge is -1.92. The predicted octanol–water partition coefficient (Wildman–Crippen LogP) is -1.07. The molecule has 2 rings (SSSR count). The normalized spacial score (nSPS) is 10.6. The molecule has 0 aliphatic rings. The van der Waals surface area contributed by atoms with E-state index < -0.39 is 11.5 Å². The summed E-state index contributed by atoms with van der Waals surface area (Å²) in [5, 5.41) is 0. The number of nitrogens with zero attached hydrogens (tertiary/aromatic N) is 1. The summed E-state index contributed by atoms with van der Waals surface area (Å²) in [6.45, 7) is 0. The van der Waals surface area contributed by atoms with Gasteiger partial charge in [-0.15, -0.1) is 0 Å². The van der Waals surface area contributed by atoms with Crippen LogP contribution >= 0.6 is 0 Å². The third kappa shape index (κ3) is 1.03. The highest BCUT2D eigenvalue weighted by molar-refractivity contribution is 6.08. The SMILES string of the molecule is NC(=O)c1c(N)[nH]c2ncc(=O)[nH]c12. The molecule has 7 heteroatoms. The summed E-state index contributed by atoms with van der Waals surface area (Å²) in [6, 6.07) is 0. The lowest BCUT2D eigenvalue weighted by Crippen LogP contribution is -2.14. The Kier molecular flexibility index (Phi) is 1.53. The van der Waals surface area contributed by atoms with Crippen molar-refractivity contribution in [2.24, 2.45) is 5.73 Å². The number of hydrogen-bond donors (Lipinski definition) is 4. The lowest BCUT2D eigenvalue weighted by atomic mass is 10.3. The van der Waals surface area contributed by atoms with Gasteiger partial charge in [0.15, 0.2) is 5.65 Å². The van der Waals surface area contributed by atoms with Crippen LogP contribution in [0.2, 0.25) is 0 Å². The summed E-state index contributed by atoms with van der Waals surface area (Å²) >= 11 is 0. The Morgan fingerprint density at radius 2 is 2.14 bits per heavy atom. The summed E-state index contributed by atoms with van der Waals surface area (Å²) < 4.78 is 0. The number of nitrogen functional groups attached to an aromatic ring is 1. The molecule has 0 radical (unpaired) electrons. The average molecular weight is 193 g/mol. The highest BCUT2D eigenvalue weighted by Crippen LogP contribution is 2.18. The monoisotopic (exact) mass is 193 g/mol. The minimum absolute atomic E-state index is 0.0604. The maximum atomic E-state index is 11.0. The van der Waals surface area contributed by atoms with E-state index in [0.29, 0.717) is 5.65 Å². The van der Waals surface area contributed by atoms with Crippen molar-refractivity contribution >= 4 is 22.9 Å². The van der Waals surface area contributed by atoms with E-state index in [1.165, 1.54) is 0 Å². The standard InChI is InChI=1S/C7H7N5O2/c8-5-3(6(9)14)4-7(12-5)10-1-2(13)11-4/h1H,8H2,(H2,9,14)(H,10,12)(H,11,13).